The molecule has 2 N–H and O–H groups in total. The van der Waals surface area contributed by atoms with Gasteiger partial charge in [0.25, 0.3) is 0 Å². The first-order valence-corrected chi connectivity index (χ1v) is 6.95. The number of aryl methyl sites for hydroxylation is 1. The molecule has 100 valence electrons. The molecule has 0 aliphatic carbocycles. The summed E-state index contributed by atoms with van der Waals surface area (Å²) in [6, 6.07) is 6.57. The fourth-order valence-corrected chi connectivity index (χ4v) is 2.85. The van der Waals surface area contributed by atoms with Gasteiger partial charge in [0.1, 0.15) is 11.4 Å². The van der Waals surface area contributed by atoms with Crippen LogP contribution in [0.3, 0.4) is 0 Å². The van der Waals surface area contributed by atoms with E-state index in [9.17, 15) is 13.2 Å². The van der Waals surface area contributed by atoms with Gasteiger partial charge in [-0.3, -0.25) is 9.78 Å². The number of carboxylic acids is 1. The van der Waals surface area contributed by atoms with Crippen molar-refractivity contribution in [3.8, 4) is 0 Å². The number of carboxylic acid groups (broad SMARTS) is 1. The molecule has 1 heterocycles. The normalized spacial score (nSPS) is 11.6. The molecule has 0 fully saturated rings. The van der Waals surface area contributed by atoms with Gasteiger partial charge in [-0.25, -0.2) is 8.42 Å². The molecule has 19 heavy (non-hydrogen) atoms. The summed E-state index contributed by atoms with van der Waals surface area (Å²) in [6.07, 6.45) is 1.57. The second kappa shape index (κ2) is 4.94. The van der Waals surface area contributed by atoms with Crippen LogP contribution >= 0.6 is 0 Å². The van der Waals surface area contributed by atoms with Crippen molar-refractivity contribution in [2.75, 3.05) is 6.54 Å². The summed E-state index contributed by atoms with van der Waals surface area (Å²) in [5.41, 5.74) is 1.24. The van der Waals surface area contributed by atoms with Crippen molar-refractivity contribution in [3.05, 3.63) is 36.0 Å². The summed E-state index contributed by atoms with van der Waals surface area (Å²) in [7, 11) is -3.89. The number of aromatic nitrogens is 1. The quantitative estimate of drug-likeness (QED) is 0.867. The lowest BCUT2D eigenvalue weighted by Gasteiger charge is -2.07. The number of sulfonamides is 1. The molecule has 2 aromatic rings. The number of nitrogens with one attached hydrogen (secondary N) is 1. The van der Waals surface area contributed by atoms with Gasteiger partial charge in [-0.2, -0.15) is 4.72 Å². The van der Waals surface area contributed by atoms with Crippen LogP contribution in [0.4, 0.5) is 0 Å². The maximum atomic E-state index is 12.0. The van der Waals surface area contributed by atoms with Crippen molar-refractivity contribution in [3.63, 3.8) is 0 Å². The fraction of sp³-hybridized carbons (Fsp3) is 0.167. The second-order valence-electron chi connectivity index (χ2n) is 4.06. The molecule has 1 aromatic carbocycles. The number of pyridine rings is 1. The van der Waals surface area contributed by atoms with Crippen molar-refractivity contribution >= 4 is 26.9 Å². The monoisotopic (exact) mass is 280 g/mol. The Morgan fingerprint density at radius 1 is 1.42 bits per heavy atom. The molecule has 2 rings (SSSR count). The van der Waals surface area contributed by atoms with Crippen LogP contribution in [0.5, 0.6) is 0 Å². The van der Waals surface area contributed by atoms with Crippen LogP contribution < -0.4 is 4.72 Å². The largest absolute Gasteiger partial charge is 0.480 e. The summed E-state index contributed by atoms with van der Waals surface area (Å²) in [6.45, 7) is 1.20. The third kappa shape index (κ3) is 2.88. The number of nitrogens with zero attached hydrogens (tertiary/aromatic N) is 1. The van der Waals surface area contributed by atoms with Gasteiger partial charge in [0.2, 0.25) is 10.0 Å². The minimum atomic E-state index is -3.89. The van der Waals surface area contributed by atoms with E-state index in [1.165, 1.54) is 6.07 Å². The molecule has 0 unspecified atom stereocenters. The molecule has 0 bridgehead atoms. The molecule has 0 amide bonds. The van der Waals surface area contributed by atoms with E-state index in [2.05, 4.69) is 4.98 Å². The summed E-state index contributed by atoms with van der Waals surface area (Å²) >= 11 is 0. The topological polar surface area (TPSA) is 96.4 Å². The number of rotatable bonds is 4. The molecule has 1 aromatic heterocycles. The zero-order valence-corrected chi connectivity index (χ0v) is 10.9. The van der Waals surface area contributed by atoms with Crippen LogP contribution in [-0.4, -0.2) is 31.0 Å². The van der Waals surface area contributed by atoms with Gasteiger partial charge in [0.05, 0.1) is 5.52 Å². The number of aliphatic carboxylic acids is 1. The van der Waals surface area contributed by atoms with E-state index >= 15 is 0 Å². The molecule has 7 heteroatoms. The first-order valence-electron chi connectivity index (χ1n) is 5.47. The number of carbonyl (C=O) groups is 1. The van der Waals surface area contributed by atoms with Gasteiger partial charge in [-0.1, -0.05) is 12.1 Å². The van der Waals surface area contributed by atoms with Gasteiger partial charge >= 0.3 is 5.97 Å². The molecule has 0 saturated heterocycles. The first kappa shape index (κ1) is 13.4. The number of fused-ring (bicyclic) bond motifs is 1. The molecule has 0 aliphatic heterocycles. The van der Waals surface area contributed by atoms with E-state index in [1.54, 1.807) is 18.3 Å². The van der Waals surface area contributed by atoms with E-state index in [1.807, 2.05) is 17.7 Å². The van der Waals surface area contributed by atoms with E-state index in [0.29, 0.717) is 10.9 Å². The lowest BCUT2D eigenvalue weighted by atomic mass is 10.2. The van der Waals surface area contributed by atoms with Crippen LogP contribution in [0.1, 0.15) is 5.56 Å². The fourth-order valence-electron chi connectivity index (χ4n) is 1.69. The highest BCUT2D eigenvalue weighted by Gasteiger charge is 2.18. The Bertz CT molecular complexity index is 740. The van der Waals surface area contributed by atoms with Gasteiger partial charge in [0, 0.05) is 11.6 Å². The highest BCUT2D eigenvalue weighted by molar-refractivity contribution is 7.89. The zero-order chi connectivity index (χ0) is 14.0. The predicted molar refractivity (Wildman–Crippen MR) is 69.3 cm³/mol. The Labute approximate surface area is 110 Å². The maximum Gasteiger partial charge on any atom is 0.318 e. The molecule has 0 spiro atoms. The first-order chi connectivity index (χ1) is 8.90. The standard InChI is InChI=1S/C12H12N2O4S/c1-8-5-9-3-2-4-10(12(9)13-6-8)19(17,18)14-7-11(15)16/h2-6,14H,7H2,1H3,(H,15,16). The van der Waals surface area contributed by atoms with E-state index in [-0.39, 0.29) is 4.90 Å². The van der Waals surface area contributed by atoms with E-state index in [0.717, 1.165) is 5.56 Å². The van der Waals surface area contributed by atoms with Crippen LogP contribution in [0.2, 0.25) is 0 Å². The van der Waals surface area contributed by atoms with Crippen LogP contribution in [-0.2, 0) is 14.8 Å². The molecular weight excluding hydrogens is 268 g/mol. The van der Waals surface area contributed by atoms with E-state index < -0.39 is 22.5 Å². The number of hydrogen-bond donors (Lipinski definition) is 2. The van der Waals surface area contributed by atoms with Gasteiger partial charge < -0.3 is 5.11 Å². The van der Waals surface area contributed by atoms with Gasteiger partial charge in [-0.15, -0.1) is 0 Å². The third-order valence-electron chi connectivity index (χ3n) is 2.51. The number of hydrogen-bond acceptors (Lipinski definition) is 4. The Hall–Kier alpha value is -1.99. The van der Waals surface area contributed by atoms with Crippen molar-refractivity contribution in [1.29, 1.82) is 0 Å². The lowest BCUT2D eigenvalue weighted by Crippen LogP contribution is -2.29. The Morgan fingerprint density at radius 2 is 2.16 bits per heavy atom. The highest BCUT2D eigenvalue weighted by atomic mass is 32.2. The predicted octanol–water partition coefficient (Wildman–Crippen LogP) is 0.906. The average Bonchev–Trinajstić information content (AvgIpc) is 2.35. The number of para-hydroxylation sites is 1. The molecule has 0 atom stereocenters. The lowest BCUT2D eigenvalue weighted by molar-refractivity contribution is -0.135. The minimum Gasteiger partial charge on any atom is -0.480 e. The van der Waals surface area contributed by atoms with Gasteiger partial charge in [0.15, 0.2) is 0 Å². The van der Waals surface area contributed by atoms with Crippen molar-refractivity contribution in [1.82, 2.24) is 9.71 Å². The van der Waals surface area contributed by atoms with Crippen molar-refractivity contribution < 1.29 is 18.3 Å². The van der Waals surface area contributed by atoms with E-state index in [4.69, 9.17) is 5.11 Å². The molecule has 6 nitrogen and oxygen atoms in total. The molecule has 0 saturated carbocycles. The second-order valence-corrected chi connectivity index (χ2v) is 5.79. The SMILES string of the molecule is Cc1cnc2c(S(=O)(=O)NCC(=O)O)cccc2c1. The summed E-state index contributed by atoms with van der Waals surface area (Å²) in [5, 5.41) is 9.22. The summed E-state index contributed by atoms with van der Waals surface area (Å²) in [4.78, 5) is 14.5. The summed E-state index contributed by atoms with van der Waals surface area (Å²) < 4.78 is 26.1. The van der Waals surface area contributed by atoms with Crippen LogP contribution in [0, 0.1) is 6.92 Å². The Morgan fingerprint density at radius 3 is 2.84 bits per heavy atom. The Kier molecular flexibility index (Phi) is 3.50. The van der Waals surface area contributed by atoms with Crippen molar-refractivity contribution in [2.45, 2.75) is 11.8 Å². The molecule has 0 radical (unpaired) electrons. The van der Waals surface area contributed by atoms with Crippen molar-refractivity contribution in [2.24, 2.45) is 0 Å². The minimum absolute atomic E-state index is 0.0220. The smallest absolute Gasteiger partial charge is 0.318 e. The molecular formula is C12H12N2O4S. The van der Waals surface area contributed by atoms with Gasteiger partial charge in [-0.05, 0) is 24.6 Å². The van der Waals surface area contributed by atoms with Crippen LogP contribution in [0.15, 0.2) is 35.4 Å². The third-order valence-corrected chi connectivity index (χ3v) is 3.95. The highest BCUT2D eigenvalue weighted by Crippen LogP contribution is 2.21. The van der Waals surface area contributed by atoms with Crippen LogP contribution in [0.25, 0.3) is 10.9 Å². The summed E-state index contributed by atoms with van der Waals surface area (Å²) in [5.74, 6) is -1.24. The Balaban J connectivity index is 2.53. The number of benzene rings is 1. The maximum absolute atomic E-state index is 12.0. The molecule has 0 aliphatic rings. The average molecular weight is 280 g/mol. The zero-order valence-electron chi connectivity index (χ0n) is 10.1.